The zero-order chi connectivity index (χ0) is 61.6. The van der Waals surface area contributed by atoms with Gasteiger partial charge >= 0.3 is 53.7 Å². The first-order valence-electron chi connectivity index (χ1n) is 28.7. The molecule has 1 atom stereocenters. The molecule has 0 saturated carbocycles. The minimum absolute atomic E-state index is 0. The van der Waals surface area contributed by atoms with Crippen LogP contribution in [0.5, 0.6) is 0 Å². The fourth-order valence-corrected chi connectivity index (χ4v) is 6.37. The van der Waals surface area contributed by atoms with Crippen molar-refractivity contribution in [3.05, 3.63) is 0 Å². The summed E-state index contributed by atoms with van der Waals surface area (Å²) in [6, 6.07) is 0. The molecule has 0 fully saturated rings. The minimum Gasteiger partial charge on any atom is -0.748 e. The summed E-state index contributed by atoms with van der Waals surface area (Å²) in [5, 5.41) is 25.2. The predicted octanol–water partition coefficient (Wildman–Crippen LogP) is 7.45. The van der Waals surface area contributed by atoms with E-state index in [0.717, 1.165) is 90.9 Å². The molecular formula is C56H125N6NaO14S. The molecule has 470 valence electrons. The molecule has 0 aliphatic heterocycles. The molecule has 0 aliphatic carbocycles. The fraction of sp³-hybridized carbons (Fsp3) is 0.929. The van der Waals surface area contributed by atoms with Crippen LogP contribution in [0.4, 0.5) is 9.59 Å². The second-order valence-electron chi connectivity index (χ2n) is 18.6. The van der Waals surface area contributed by atoms with Crippen LogP contribution < -0.4 is 45.5 Å². The minimum atomic E-state index is -4.06. The van der Waals surface area contributed by atoms with Crippen LogP contribution in [-0.4, -0.2) is 202 Å². The molecule has 0 bridgehead atoms. The number of alkyl carbamates (subject to hydrolysis) is 2. The van der Waals surface area contributed by atoms with Gasteiger partial charge in [0.15, 0.2) is 0 Å². The van der Waals surface area contributed by atoms with Gasteiger partial charge in [0.05, 0.1) is 46.1 Å². The third-order valence-corrected chi connectivity index (χ3v) is 12.7. The molecule has 20 nitrogen and oxygen atoms in total. The zero-order valence-electron chi connectivity index (χ0n) is 54.4. The largest absolute Gasteiger partial charge is 1.00 e. The molecule has 0 rings (SSSR count). The molecule has 0 aromatic heterocycles. The van der Waals surface area contributed by atoms with E-state index >= 15 is 0 Å². The molecule has 0 aromatic carbocycles. The van der Waals surface area contributed by atoms with Crippen LogP contribution in [0, 0.1) is 10.8 Å². The summed E-state index contributed by atoms with van der Waals surface area (Å²) in [7, 11) is 6.90. The van der Waals surface area contributed by atoms with Crippen LogP contribution in [0.25, 0.3) is 0 Å². The second-order valence-corrected chi connectivity index (χ2v) is 20.1. The third kappa shape index (κ3) is 76.2. The Morgan fingerprint density at radius 2 is 1.04 bits per heavy atom. The van der Waals surface area contributed by atoms with E-state index in [4.69, 9.17) is 29.2 Å². The summed E-state index contributed by atoms with van der Waals surface area (Å²) in [6.45, 7) is 39.7. The van der Waals surface area contributed by atoms with Gasteiger partial charge in [-0.25, -0.2) is 18.0 Å². The normalized spacial score (nSPS) is 10.9. The van der Waals surface area contributed by atoms with Gasteiger partial charge in [0.1, 0.15) is 6.61 Å². The number of unbranched alkanes of at least 4 members (excludes halogenated alkanes) is 2. The van der Waals surface area contributed by atoms with Crippen molar-refractivity contribution in [1.82, 2.24) is 30.7 Å². The number of carbonyl (C=O) groups excluding carboxylic acids is 2. The van der Waals surface area contributed by atoms with Crippen molar-refractivity contribution in [3.8, 4) is 0 Å². The monoisotopic (exact) mass is 1160 g/mol. The van der Waals surface area contributed by atoms with E-state index < -0.39 is 45.1 Å². The van der Waals surface area contributed by atoms with Gasteiger partial charge in [0.2, 0.25) is 0 Å². The average molecular weight is 1160 g/mol. The summed E-state index contributed by atoms with van der Waals surface area (Å²) in [4.78, 5) is 49.9. The maximum absolute atomic E-state index is 11.3. The summed E-state index contributed by atoms with van der Waals surface area (Å²) in [6.07, 6.45) is 13.7. The molecule has 2 amide bonds. The SMILES string of the molecule is CCC(C)(CC)C(=O)O.CCC(C)OC.CCC(CC)(CC)C(=O)O.CCCCCOC.CCCN(C)CCC.CCCN(CCC)CCOC(=O)NCNC(=O)OCC.CCCOC.CNCCN(C)CCS(=O)(=O)[O-].[Na+]. The van der Waals surface area contributed by atoms with Crippen LogP contribution in [0.2, 0.25) is 0 Å². The first kappa shape index (κ1) is 95.3. The first-order valence-corrected chi connectivity index (χ1v) is 30.3. The molecule has 0 radical (unpaired) electrons. The van der Waals surface area contributed by atoms with Gasteiger partial charge in [0.25, 0.3) is 0 Å². The van der Waals surface area contributed by atoms with E-state index in [1.54, 1.807) is 47.1 Å². The first-order chi connectivity index (χ1) is 36.2. The molecule has 22 heteroatoms. The predicted molar refractivity (Wildman–Crippen MR) is 318 cm³/mol. The molecule has 1 unspecified atom stereocenters. The van der Waals surface area contributed by atoms with Gasteiger partial charge < -0.3 is 64.2 Å². The van der Waals surface area contributed by atoms with Crippen LogP contribution in [0.15, 0.2) is 0 Å². The molecule has 0 heterocycles. The molecule has 5 N–H and O–H groups in total. The molecule has 0 saturated heterocycles. The van der Waals surface area contributed by atoms with Gasteiger partial charge in [-0.05, 0) is 145 Å². The second kappa shape index (κ2) is 71.2. The van der Waals surface area contributed by atoms with Crippen LogP contribution in [0.1, 0.15) is 194 Å². The summed E-state index contributed by atoms with van der Waals surface area (Å²) >= 11 is 0. The number of carboxylic acids is 2. The fourth-order valence-electron chi connectivity index (χ4n) is 5.84. The smallest absolute Gasteiger partial charge is 0.748 e. The van der Waals surface area contributed by atoms with E-state index in [9.17, 15) is 32.1 Å². The summed E-state index contributed by atoms with van der Waals surface area (Å²) < 4.78 is 54.7. The van der Waals surface area contributed by atoms with Crippen LogP contribution >= 0.6 is 0 Å². The number of amides is 2. The molecular weight excluding hydrogens is 1040 g/mol. The number of hydrogen-bond acceptors (Lipinski definition) is 16. The Bertz CT molecular complexity index is 1320. The number of carboxylic acid groups (broad SMARTS) is 2. The average Bonchev–Trinajstić information content (AvgIpc) is 3.39. The van der Waals surface area contributed by atoms with Gasteiger partial charge in [-0.15, -0.1) is 0 Å². The van der Waals surface area contributed by atoms with Crippen molar-refractivity contribution < 1.29 is 95.6 Å². The van der Waals surface area contributed by atoms with Crippen molar-refractivity contribution in [2.45, 2.75) is 200 Å². The Balaban J connectivity index is -0.000000104. The Morgan fingerprint density at radius 1 is 0.590 bits per heavy atom. The van der Waals surface area contributed by atoms with E-state index in [1.807, 2.05) is 41.7 Å². The van der Waals surface area contributed by atoms with Gasteiger partial charge in [-0.2, -0.15) is 0 Å². The van der Waals surface area contributed by atoms with E-state index in [1.165, 1.54) is 45.2 Å². The van der Waals surface area contributed by atoms with Crippen molar-refractivity contribution in [3.63, 3.8) is 0 Å². The molecule has 0 aromatic rings. The number of nitrogens with zero attached hydrogens (tertiary/aromatic N) is 3. The van der Waals surface area contributed by atoms with Crippen LogP contribution in [-0.2, 0) is 43.4 Å². The Labute approximate surface area is 502 Å². The maximum atomic E-state index is 11.3. The van der Waals surface area contributed by atoms with E-state index in [0.29, 0.717) is 38.7 Å². The Morgan fingerprint density at radius 3 is 1.29 bits per heavy atom. The third-order valence-electron chi connectivity index (χ3n) is 12.0. The van der Waals surface area contributed by atoms with E-state index in [2.05, 4.69) is 92.9 Å². The maximum Gasteiger partial charge on any atom is 1.00 e. The van der Waals surface area contributed by atoms with Crippen molar-refractivity contribution in [1.29, 1.82) is 0 Å². The standard InChI is InChI=1S/C13H27N3O4.C8H16O2.C7H17N.C7H14O2.C6H16N2O3S.C6H14O.C5H12O.C4H10O.Na/c1-4-7-16(8-5-2)9-10-20-13(18)15-11-14-12(17)19-6-3;1-4-8(5-2,6-3)7(9)10;1-4-6-8(3)7-5-2;1-4-7(3,5-2)6(8)9;1-7-3-4-8(2)5-6-12(9,10)11;1-3-4-5-6-7-2;1-4-5(2)6-3;1-3-4-5-2;/h4-11H2,1-3H3,(H,14,17)(H,15,18);4-6H2,1-3H3,(H,9,10);4-7H2,1-3H3;4-5H2,1-3H3,(H,8,9);7H,3-6H2,1-2H3,(H,9,10,11);3-6H2,1-2H3;5H,4H2,1-3H3;3-4H2,1-2H3;/q;;;;;;;;+1/p-1. The number of nitrogens with one attached hydrogen (secondary N) is 3. The van der Waals surface area contributed by atoms with E-state index in [-0.39, 0.29) is 42.0 Å². The topological polar surface area (TPSA) is 258 Å². The molecule has 0 aliphatic rings. The van der Waals surface area contributed by atoms with Crippen molar-refractivity contribution in [2.24, 2.45) is 10.8 Å². The number of ether oxygens (including phenoxy) is 5. The number of likely N-dealkylation sites (N-methyl/N-ethyl adjacent to an activating group) is 2. The summed E-state index contributed by atoms with van der Waals surface area (Å²) in [5.74, 6) is -1.65. The van der Waals surface area contributed by atoms with Crippen LogP contribution in [0.3, 0.4) is 0 Å². The van der Waals surface area contributed by atoms with Gasteiger partial charge in [0, 0.05) is 60.7 Å². The number of aliphatic carboxylic acids is 2. The van der Waals surface area contributed by atoms with Gasteiger partial charge in [-0.1, -0.05) is 95.9 Å². The van der Waals surface area contributed by atoms with Crippen molar-refractivity contribution >= 4 is 34.2 Å². The molecule has 78 heavy (non-hydrogen) atoms. The number of rotatable bonds is 35. The number of hydrogen-bond donors (Lipinski definition) is 5. The zero-order valence-corrected chi connectivity index (χ0v) is 57.2. The number of carbonyl (C=O) groups is 4. The van der Waals surface area contributed by atoms with Crippen molar-refractivity contribution in [2.75, 3.05) is 134 Å². The summed E-state index contributed by atoms with van der Waals surface area (Å²) in [5.41, 5.74) is -0.958. The molecule has 0 spiro atoms. The Kier molecular flexibility index (Phi) is 87.0. The quantitative estimate of drug-likeness (QED) is 0.0179. The Hall–Kier alpha value is -1.89. The number of methoxy groups -OCH3 is 3. The van der Waals surface area contributed by atoms with Gasteiger partial charge in [-0.3, -0.25) is 14.5 Å².